The zero-order chi connectivity index (χ0) is 18.7. The highest BCUT2D eigenvalue weighted by Gasteiger charge is 2.38. The van der Waals surface area contributed by atoms with Gasteiger partial charge < -0.3 is 14.8 Å². The maximum atomic E-state index is 12.3. The van der Waals surface area contributed by atoms with Crippen LogP contribution in [0.2, 0.25) is 5.02 Å². The van der Waals surface area contributed by atoms with Gasteiger partial charge in [-0.1, -0.05) is 35.9 Å². The number of nitrogens with one attached hydrogen (secondary N) is 2. The Hall–Kier alpha value is -2.24. The quantitative estimate of drug-likeness (QED) is 0.800. The zero-order valence-electron chi connectivity index (χ0n) is 15.0. The van der Waals surface area contributed by atoms with Gasteiger partial charge in [-0.25, -0.2) is 0 Å². The van der Waals surface area contributed by atoms with E-state index >= 15 is 0 Å². The molecule has 2 aromatic rings. The molecular formula is C21H23ClN2O3. The Morgan fingerprint density at radius 2 is 1.85 bits per heavy atom. The summed E-state index contributed by atoms with van der Waals surface area (Å²) in [6.07, 6.45) is 3.03. The van der Waals surface area contributed by atoms with Crippen LogP contribution in [0.4, 0.5) is 0 Å². The highest BCUT2D eigenvalue weighted by atomic mass is 35.5. The van der Waals surface area contributed by atoms with E-state index in [1.165, 1.54) is 5.56 Å². The lowest BCUT2D eigenvalue weighted by Crippen LogP contribution is -2.52. The first-order valence-corrected chi connectivity index (χ1v) is 9.69. The third-order valence-corrected chi connectivity index (χ3v) is 5.54. The van der Waals surface area contributed by atoms with Crippen molar-refractivity contribution in [3.05, 3.63) is 59.1 Å². The van der Waals surface area contributed by atoms with Gasteiger partial charge in [-0.3, -0.25) is 10.1 Å². The van der Waals surface area contributed by atoms with Crippen molar-refractivity contribution in [2.75, 3.05) is 19.7 Å². The minimum absolute atomic E-state index is 0.0438. The van der Waals surface area contributed by atoms with Crippen molar-refractivity contribution in [3.63, 3.8) is 0 Å². The van der Waals surface area contributed by atoms with E-state index in [9.17, 15) is 4.79 Å². The van der Waals surface area contributed by atoms with Gasteiger partial charge in [-0.05, 0) is 49.1 Å². The predicted octanol–water partition coefficient (Wildman–Crippen LogP) is 3.27. The smallest absolute Gasteiger partial charge is 0.234 e. The van der Waals surface area contributed by atoms with Crippen LogP contribution in [0.25, 0.3) is 0 Å². The number of para-hydroxylation sites is 2. The summed E-state index contributed by atoms with van der Waals surface area (Å²) in [5.74, 6) is 1.42. The van der Waals surface area contributed by atoms with E-state index in [1.807, 2.05) is 48.5 Å². The van der Waals surface area contributed by atoms with Gasteiger partial charge in [0.25, 0.3) is 0 Å². The van der Waals surface area contributed by atoms with E-state index in [2.05, 4.69) is 10.6 Å². The van der Waals surface area contributed by atoms with E-state index in [-0.39, 0.29) is 24.1 Å². The molecule has 27 heavy (non-hydrogen) atoms. The first-order chi connectivity index (χ1) is 13.1. The minimum atomic E-state index is -0.183. The van der Waals surface area contributed by atoms with Crippen molar-refractivity contribution in [2.24, 2.45) is 0 Å². The number of hydrogen-bond acceptors (Lipinski definition) is 4. The number of amides is 1. The fourth-order valence-corrected chi connectivity index (χ4v) is 3.70. The van der Waals surface area contributed by atoms with E-state index < -0.39 is 0 Å². The molecule has 0 bridgehead atoms. The molecule has 0 aromatic heterocycles. The topological polar surface area (TPSA) is 59.6 Å². The van der Waals surface area contributed by atoms with Crippen LogP contribution in [-0.4, -0.2) is 31.7 Å². The average Bonchev–Trinajstić information content (AvgIpc) is 2.66. The van der Waals surface area contributed by atoms with Gasteiger partial charge in [0.15, 0.2) is 11.5 Å². The number of carbonyl (C=O) groups excluding carboxylic acids is 1. The van der Waals surface area contributed by atoms with Crippen molar-refractivity contribution < 1.29 is 14.3 Å². The van der Waals surface area contributed by atoms with Crippen molar-refractivity contribution >= 4 is 17.5 Å². The second-order valence-corrected chi connectivity index (χ2v) is 7.53. The second kappa shape index (κ2) is 7.79. The van der Waals surface area contributed by atoms with Gasteiger partial charge in [0.1, 0.15) is 12.7 Å². The van der Waals surface area contributed by atoms with Crippen LogP contribution in [-0.2, 0) is 10.3 Å². The van der Waals surface area contributed by atoms with Crippen LogP contribution in [0, 0.1) is 0 Å². The number of fused-ring (bicyclic) bond motifs is 1. The lowest BCUT2D eigenvalue weighted by molar-refractivity contribution is -0.121. The van der Waals surface area contributed by atoms with E-state index in [0.717, 1.165) is 35.8 Å². The summed E-state index contributed by atoms with van der Waals surface area (Å²) in [4.78, 5) is 12.3. The standard InChI is InChI=1S/C21H23ClN2O3/c22-16-8-6-15(7-9-16)21(10-3-11-21)24-13-20(25)23-12-17-14-26-18-4-1-2-5-19(18)27-17/h1-2,4-9,17,24H,3,10-14H2,(H,23,25). The Balaban J connectivity index is 1.27. The Morgan fingerprint density at radius 3 is 2.56 bits per heavy atom. The molecule has 1 aliphatic carbocycles. The summed E-state index contributed by atoms with van der Waals surface area (Å²) in [6.45, 7) is 1.12. The lowest BCUT2D eigenvalue weighted by Gasteiger charge is -2.43. The summed E-state index contributed by atoms with van der Waals surface area (Å²) < 4.78 is 11.5. The fraction of sp³-hybridized carbons (Fsp3) is 0.381. The van der Waals surface area contributed by atoms with E-state index in [4.69, 9.17) is 21.1 Å². The highest BCUT2D eigenvalue weighted by Crippen LogP contribution is 2.41. The van der Waals surface area contributed by atoms with Crippen molar-refractivity contribution in [2.45, 2.75) is 30.9 Å². The molecule has 1 saturated carbocycles. The molecule has 1 amide bonds. The number of benzene rings is 2. The largest absolute Gasteiger partial charge is 0.486 e. The van der Waals surface area contributed by atoms with Gasteiger partial charge in [0.2, 0.25) is 5.91 Å². The van der Waals surface area contributed by atoms with Crippen molar-refractivity contribution in [1.82, 2.24) is 10.6 Å². The zero-order valence-corrected chi connectivity index (χ0v) is 15.8. The minimum Gasteiger partial charge on any atom is -0.486 e. The fourth-order valence-electron chi connectivity index (χ4n) is 3.57. The molecule has 1 fully saturated rings. The number of ether oxygens (including phenoxy) is 2. The van der Waals surface area contributed by atoms with E-state index in [1.54, 1.807) is 0 Å². The Kier molecular flexibility index (Phi) is 5.23. The Morgan fingerprint density at radius 1 is 1.11 bits per heavy atom. The molecule has 6 heteroatoms. The van der Waals surface area contributed by atoms with Crippen molar-refractivity contribution in [1.29, 1.82) is 0 Å². The maximum Gasteiger partial charge on any atom is 0.234 e. The molecule has 2 aliphatic rings. The normalized spacial score (nSPS) is 19.8. The summed E-state index contributed by atoms with van der Waals surface area (Å²) in [5, 5.41) is 7.11. The Bertz CT molecular complexity index is 805. The number of hydrogen-bond donors (Lipinski definition) is 2. The van der Waals surface area contributed by atoms with Crippen LogP contribution in [0.3, 0.4) is 0 Å². The molecule has 1 heterocycles. The molecule has 0 radical (unpaired) electrons. The first kappa shape index (κ1) is 18.1. The maximum absolute atomic E-state index is 12.3. The summed E-state index contributed by atoms with van der Waals surface area (Å²) >= 11 is 5.99. The van der Waals surface area contributed by atoms with Crippen LogP contribution < -0.4 is 20.1 Å². The molecule has 142 valence electrons. The van der Waals surface area contributed by atoms with Gasteiger partial charge in [-0.2, -0.15) is 0 Å². The van der Waals surface area contributed by atoms with Crippen LogP contribution >= 0.6 is 11.6 Å². The van der Waals surface area contributed by atoms with Gasteiger partial charge in [0, 0.05) is 10.6 Å². The third-order valence-electron chi connectivity index (χ3n) is 5.29. The van der Waals surface area contributed by atoms with Crippen LogP contribution in [0.1, 0.15) is 24.8 Å². The molecule has 4 rings (SSSR count). The van der Waals surface area contributed by atoms with Crippen LogP contribution in [0.15, 0.2) is 48.5 Å². The lowest BCUT2D eigenvalue weighted by atomic mass is 9.72. The summed E-state index contributed by atoms with van der Waals surface area (Å²) in [5.41, 5.74) is 1.07. The molecule has 2 N–H and O–H groups in total. The van der Waals surface area contributed by atoms with Crippen LogP contribution in [0.5, 0.6) is 11.5 Å². The third kappa shape index (κ3) is 4.04. The van der Waals surface area contributed by atoms with Gasteiger partial charge >= 0.3 is 0 Å². The average molecular weight is 387 g/mol. The number of rotatable bonds is 6. The van der Waals surface area contributed by atoms with Crippen molar-refractivity contribution in [3.8, 4) is 11.5 Å². The summed E-state index contributed by atoms with van der Waals surface area (Å²) in [7, 11) is 0. The molecule has 1 unspecified atom stereocenters. The monoisotopic (exact) mass is 386 g/mol. The molecule has 1 atom stereocenters. The van der Waals surface area contributed by atoms with Gasteiger partial charge in [-0.15, -0.1) is 0 Å². The molecule has 5 nitrogen and oxygen atoms in total. The Labute approximate surface area is 164 Å². The molecular weight excluding hydrogens is 364 g/mol. The first-order valence-electron chi connectivity index (χ1n) is 9.31. The SMILES string of the molecule is O=C(CNC1(c2ccc(Cl)cc2)CCC1)NCC1COc2ccccc2O1. The molecule has 1 aliphatic heterocycles. The molecule has 0 spiro atoms. The summed E-state index contributed by atoms with van der Waals surface area (Å²) in [6, 6.07) is 15.4. The molecule has 2 aromatic carbocycles. The predicted molar refractivity (Wildman–Crippen MR) is 104 cm³/mol. The number of carbonyl (C=O) groups is 1. The second-order valence-electron chi connectivity index (χ2n) is 7.10. The molecule has 0 saturated heterocycles. The van der Waals surface area contributed by atoms with E-state index in [0.29, 0.717) is 13.2 Å². The van der Waals surface area contributed by atoms with Gasteiger partial charge in [0.05, 0.1) is 13.1 Å². The highest BCUT2D eigenvalue weighted by molar-refractivity contribution is 6.30. The number of halogens is 1.